The van der Waals surface area contributed by atoms with Crippen molar-refractivity contribution < 1.29 is 34.3 Å². The van der Waals surface area contributed by atoms with Gasteiger partial charge in [-0.25, -0.2) is 4.79 Å². The van der Waals surface area contributed by atoms with E-state index in [2.05, 4.69) is 27.4 Å². The van der Waals surface area contributed by atoms with Crippen molar-refractivity contribution in [2.45, 2.75) is 89.7 Å². The van der Waals surface area contributed by atoms with Crippen molar-refractivity contribution >= 4 is 5.97 Å². The molecule has 7 nitrogen and oxygen atoms in total. The van der Waals surface area contributed by atoms with E-state index in [9.17, 15) is 20.1 Å². The SMILES string of the molecule is C=C1C(=O)O[C@H]2C[C@@H]1C[C@H]1[C@@H]2[C@@]23[C@@H](OCCCC)O[C@@]1(O)[C@@H](O)[C@@H]2C(C)(C)CC[C@@H]3O. The number of aliphatic hydroxyl groups is 3. The number of esters is 1. The van der Waals surface area contributed by atoms with Crippen LogP contribution in [0.25, 0.3) is 0 Å². The van der Waals surface area contributed by atoms with Crippen LogP contribution in [0.4, 0.5) is 0 Å². The Bertz CT molecular complexity index is 780. The van der Waals surface area contributed by atoms with Crippen LogP contribution >= 0.6 is 0 Å². The normalized spacial score (nSPS) is 52.3. The molecule has 0 unspecified atom stereocenters. The Morgan fingerprint density at radius 1 is 1.26 bits per heavy atom. The summed E-state index contributed by atoms with van der Waals surface area (Å²) in [5.41, 5.74) is -0.894. The first-order chi connectivity index (χ1) is 14.6. The quantitative estimate of drug-likeness (QED) is 0.352. The van der Waals surface area contributed by atoms with Gasteiger partial charge in [0.25, 0.3) is 0 Å². The third-order valence-electron chi connectivity index (χ3n) is 9.24. The van der Waals surface area contributed by atoms with Gasteiger partial charge >= 0.3 is 5.97 Å². The lowest BCUT2D eigenvalue weighted by atomic mass is 9.38. The lowest BCUT2D eigenvalue weighted by Crippen LogP contribution is -2.84. The number of rotatable bonds is 4. The van der Waals surface area contributed by atoms with Gasteiger partial charge in [-0.15, -0.1) is 0 Å². The average molecular weight is 437 g/mol. The summed E-state index contributed by atoms with van der Waals surface area (Å²) in [5, 5.41) is 35.0. The molecule has 4 bridgehead atoms. The first-order valence-corrected chi connectivity index (χ1v) is 11.9. The van der Waals surface area contributed by atoms with Crippen molar-refractivity contribution in [3.63, 3.8) is 0 Å². The van der Waals surface area contributed by atoms with E-state index in [1.807, 2.05) is 0 Å². The van der Waals surface area contributed by atoms with E-state index in [1.165, 1.54) is 0 Å². The summed E-state index contributed by atoms with van der Waals surface area (Å²) >= 11 is 0. The molecule has 6 fully saturated rings. The molecule has 0 aromatic carbocycles. The molecule has 3 saturated heterocycles. The monoisotopic (exact) mass is 436 g/mol. The molecule has 1 spiro atoms. The predicted octanol–water partition coefficient (Wildman–Crippen LogP) is 2.13. The Morgan fingerprint density at radius 2 is 2.00 bits per heavy atom. The molecule has 6 rings (SSSR count). The van der Waals surface area contributed by atoms with E-state index >= 15 is 0 Å². The molecular formula is C24H36O7. The van der Waals surface area contributed by atoms with Crippen LogP contribution in [0.1, 0.15) is 59.3 Å². The minimum Gasteiger partial charge on any atom is -0.459 e. The lowest BCUT2D eigenvalue weighted by molar-refractivity contribution is -0.498. The summed E-state index contributed by atoms with van der Waals surface area (Å²) < 4.78 is 18.3. The van der Waals surface area contributed by atoms with E-state index in [4.69, 9.17) is 14.2 Å². The summed E-state index contributed by atoms with van der Waals surface area (Å²) in [6.45, 7) is 10.6. The molecule has 3 heterocycles. The standard InChI is InChI=1S/C24H36O7/c1-5-6-9-29-21-23-16(25)7-8-22(3,4)18(23)19(26)24(28,31-21)14-10-13-11-15(17(14)23)30-20(27)12(13)2/h13-19,21,25-26,28H,2,5-11H2,1,3-4H3/t13-,14-,15-,16-,17-,18+,19-,21-,23+,24+/m0/s1. The maximum atomic E-state index is 12.5. The molecule has 0 amide bonds. The van der Waals surface area contributed by atoms with Crippen molar-refractivity contribution in [1.82, 2.24) is 0 Å². The Hall–Kier alpha value is -0.990. The highest BCUT2D eigenvalue weighted by Gasteiger charge is 2.81. The fraction of sp³-hybridized carbons (Fsp3) is 0.875. The molecule has 10 atom stereocenters. The maximum Gasteiger partial charge on any atom is 0.333 e. The van der Waals surface area contributed by atoms with Gasteiger partial charge in [-0.2, -0.15) is 0 Å². The maximum absolute atomic E-state index is 12.5. The van der Waals surface area contributed by atoms with Crippen molar-refractivity contribution in [3.8, 4) is 0 Å². The van der Waals surface area contributed by atoms with Crippen LogP contribution in [0.15, 0.2) is 12.2 Å². The van der Waals surface area contributed by atoms with Gasteiger partial charge < -0.3 is 29.5 Å². The second kappa shape index (κ2) is 7.00. The van der Waals surface area contributed by atoms with Gasteiger partial charge in [0.1, 0.15) is 12.2 Å². The molecule has 0 radical (unpaired) electrons. The molecule has 0 aromatic rings. The van der Waals surface area contributed by atoms with Gasteiger partial charge in [0.05, 0.1) is 11.5 Å². The van der Waals surface area contributed by atoms with Crippen LogP contribution in [0.5, 0.6) is 0 Å². The number of aliphatic hydroxyl groups excluding tert-OH is 2. The summed E-state index contributed by atoms with van der Waals surface area (Å²) in [7, 11) is 0. The largest absolute Gasteiger partial charge is 0.459 e. The van der Waals surface area contributed by atoms with Crippen LogP contribution in [0.3, 0.4) is 0 Å². The second-order valence-electron chi connectivity index (χ2n) is 11.2. The Morgan fingerprint density at radius 3 is 2.71 bits per heavy atom. The van der Waals surface area contributed by atoms with E-state index in [1.54, 1.807) is 0 Å². The predicted molar refractivity (Wildman–Crippen MR) is 110 cm³/mol. The zero-order valence-electron chi connectivity index (χ0n) is 18.8. The van der Waals surface area contributed by atoms with E-state index < -0.39 is 53.6 Å². The van der Waals surface area contributed by atoms with Gasteiger partial charge in [0.2, 0.25) is 0 Å². The fourth-order valence-corrected chi connectivity index (χ4v) is 7.91. The summed E-state index contributed by atoms with van der Waals surface area (Å²) in [5.74, 6) is -3.60. The number of fused-ring (bicyclic) bond motifs is 3. The van der Waals surface area contributed by atoms with Crippen LogP contribution < -0.4 is 0 Å². The fourth-order valence-electron chi connectivity index (χ4n) is 7.91. The minimum atomic E-state index is -1.82. The highest BCUT2D eigenvalue weighted by molar-refractivity contribution is 5.89. The lowest BCUT2D eigenvalue weighted by Gasteiger charge is -2.74. The molecule has 3 saturated carbocycles. The van der Waals surface area contributed by atoms with Crippen LogP contribution in [-0.2, 0) is 19.0 Å². The smallest absolute Gasteiger partial charge is 0.333 e. The van der Waals surface area contributed by atoms with Crippen LogP contribution in [0.2, 0.25) is 0 Å². The number of carbonyl (C=O) groups is 1. The molecular weight excluding hydrogens is 400 g/mol. The van der Waals surface area contributed by atoms with Gasteiger partial charge in [-0.1, -0.05) is 33.8 Å². The number of hydrogen-bond donors (Lipinski definition) is 3. The van der Waals surface area contributed by atoms with Gasteiger partial charge in [-0.3, -0.25) is 0 Å². The molecule has 174 valence electrons. The number of carbonyl (C=O) groups excluding carboxylic acids is 1. The third kappa shape index (κ3) is 2.67. The highest BCUT2D eigenvalue weighted by atomic mass is 16.8. The van der Waals surface area contributed by atoms with Crippen molar-refractivity contribution in [3.05, 3.63) is 12.2 Å². The molecule has 3 N–H and O–H groups in total. The Labute approximate surface area is 183 Å². The average Bonchev–Trinajstić information content (AvgIpc) is 2.71. The first-order valence-electron chi connectivity index (χ1n) is 11.9. The molecule has 0 aromatic heterocycles. The first kappa shape index (κ1) is 21.8. The van der Waals surface area contributed by atoms with E-state index in [-0.39, 0.29) is 17.3 Å². The van der Waals surface area contributed by atoms with E-state index in [0.717, 1.165) is 19.3 Å². The summed E-state index contributed by atoms with van der Waals surface area (Å²) in [4.78, 5) is 12.5. The molecule has 3 aliphatic carbocycles. The molecule has 6 aliphatic rings. The van der Waals surface area contributed by atoms with E-state index in [0.29, 0.717) is 31.4 Å². The zero-order valence-corrected chi connectivity index (χ0v) is 18.8. The van der Waals surface area contributed by atoms with Gasteiger partial charge in [-0.05, 0) is 43.4 Å². The highest BCUT2D eigenvalue weighted by Crippen LogP contribution is 2.72. The number of hydrogen-bond acceptors (Lipinski definition) is 7. The minimum absolute atomic E-state index is 0.116. The number of unbranched alkanes of at least 4 members (excludes halogenated alkanes) is 1. The van der Waals surface area contributed by atoms with Crippen molar-refractivity contribution in [2.75, 3.05) is 6.61 Å². The Kier molecular flexibility index (Phi) is 4.93. The molecule has 7 heteroatoms. The number of ether oxygens (including phenoxy) is 3. The van der Waals surface area contributed by atoms with Crippen molar-refractivity contribution in [2.24, 2.45) is 34.5 Å². The van der Waals surface area contributed by atoms with Crippen molar-refractivity contribution in [1.29, 1.82) is 0 Å². The zero-order chi connectivity index (χ0) is 22.3. The second-order valence-corrected chi connectivity index (χ2v) is 11.2. The summed E-state index contributed by atoms with van der Waals surface area (Å²) in [6, 6.07) is 0. The van der Waals surface area contributed by atoms with Gasteiger partial charge in [0, 0.05) is 29.9 Å². The molecule has 31 heavy (non-hydrogen) atoms. The third-order valence-corrected chi connectivity index (χ3v) is 9.24. The summed E-state index contributed by atoms with van der Waals surface area (Å²) in [6.07, 6.45) is 0.865. The van der Waals surface area contributed by atoms with Crippen LogP contribution in [0, 0.1) is 34.5 Å². The molecule has 3 aliphatic heterocycles. The topological polar surface area (TPSA) is 105 Å². The Balaban J connectivity index is 1.67. The van der Waals surface area contributed by atoms with Gasteiger partial charge in [0.15, 0.2) is 12.1 Å². The van der Waals surface area contributed by atoms with Crippen LogP contribution in [-0.4, -0.2) is 58.3 Å².